The van der Waals surface area contributed by atoms with Crippen LogP contribution in [0.2, 0.25) is 0 Å². The quantitative estimate of drug-likeness (QED) is 0.379. The normalized spacial score (nSPS) is 12.6. The van der Waals surface area contributed by atoms with Gasteiger partial charge in [-0.1, -0.05) is 6.07 Å². The number of benzene rings is 1. The lowest BCUT2D eigenvalue weighted by molar-refractivity contribution is 0.1000. The third kappa shape index (κ3) is 3.76. The number of halogens is 1. The molecular weight excluding hydrogens is 453 g/mol. The minimum atomic E-state index is -0.930. The third-order valence-corrected chi connectivity index (χ3v) is 6.27. The van der Waals surface area contributed by atoms with Gasteiger partial charge in [0.25, 0.3) is 11.5 Å². The Hall–Kier alpha value is -3.97. The molecule has 0 aliphatic rings. The van der Waals surface area contributed by atoms with E-state index in [2.05, 4.69) is 20.4 Å². The second-order valence-electron chi connectivity index (χ2n) is 7.36. The molecule has 3 N–H and O–H groups in total. The van der Waals surface area contributed by atoms with Gasteiger partial charge in [0.05, 0.1) is 18.7 Å². The van der Waals surface area contributed by atoms with Gasteiger partial charge in [0.15, 0.2) is 5.82 Å². The Labute approximate surface area is 187 Å². The number of rotatable bonds is 6. The standard InChI is InChI=1S/C20H16FN7O4S/c1-9-16(18(22)30)17-19(32-9)23-8-27(20(17)31)7-15-24-26-28(25-15)6-12(29)14-4-10-2-3-11(21)5-13(10)33-14/h2-5,8,12,29H,6-7H2,1H3,(H2,22,30)/t12-/m0/s1. The van der Waals surface area contributed by atoms with Crippen LogP contribution < -0.4 is 11.3 Å². The number of primary amides is 1. The van der Waals surface area contributed by atoms with E-state index in [4.69, 9.17) is 10.2 Å². The molecule has 11 nitrogen and oxygen atoms in total. The molecule has 0 bridgehead atoms. The van der Waals surface area contributed by atoms with Gasteiger partial charge in [-0.25, -0.2) is 9.37 Å². The van der Waals surface area contributed by atoms with E-state index in [1.165, 1.54) is 46.1 Å². The average Bonchev–Trinajstić information content (AvgIpc) is 3.46. The lowest BCUT2D eigenvalue weighted by atomic mass is 10.2. The number of fused-ring (bicyclic) bond motifs is 2. The first-order valence-corrected chi connectivity index (χ1v) is 10.5. The van der Waals surface area contributed by atoms with Crippen molar-refractivity contribution in [2.45, 2.75) is 26.1 Å². The number of hydrogen-bond donors (Lipinski definition) is 2. The fourth-order valence-corrected chi connectivity index (χ4v) is 4.62. The van der Waals surface area contributed by atoms with Crippen molar-refractivity contribution in [3.05, 3.63) is 68.8 Å². The molecule has 0 unspecified atom stereocenters. The van der Waals surface area contributed by atoms with E-state index in [1.807, 2.05) is 0 Å². The van der Waals surface area contributed by atoms with Gasteiger partial charge in [0.1, 0.15) is 29.4 Å². The topological polar surface area (TPSA) is 155 Å². The van der Waals surface area contributed by atoms with Crippen molar-refractivity contribution in [3.8, 4) is 0 Å². The molecule has 5 rings (SSSR count). The Kier molecular flexibility index (Phi) is 4.98. The molecule has 0 saturated carbocycles. The maximum Gasteiger partial charge on any atom is 0.265 e. The monoisotopic (exact) mass is 469 g/mol. The number of carbonyl (C=O) groups is 1. The van der Waals surface area contributed by atoms with E-state index >= 15 is 0 Å². The second kappa shape index (κ2) is 7.86. The van der Waals surface area contributed by atoms with Crippen LogP contribution in [0.15, 0.2) is 39.8 Å². The highest BCUT2D eigenvalue weighted by Gasteiger charge is 2.21. The van der Waals surface area contributed by atoms with Gasteiger partial charge in [0.2, 0.25) is 5.71 Å². The molecule has 0 radical (unpaired) electrons. The van der Waals surface area contributed by atoms with Crippen LogP contribution in [0, 0.1) is 12.7 Å². The highest BCUT2D eigenvalue weighted by atomic mass is 32.1. The summed E-state index contributed by atoms with van der Waals surface area (Å²) in [4.78, 5) is 30.5. The number of aliphatic hydroxyl groups excluding tert-OH is 1. The molecule has 0 fully saturated rings. The highest BCUT2D eigenvalue weighted by Crippen LogP contribution is 2.31. The Morgan fingerprint density at radius 3 is 2.97 bits per heavy atom. The van der Waals surface area contributed by atoms with Gasteiger partial charge in [-0.05, 0) is 35.7 Å². The number of aryl methyl sites for hydroxylation is 1. The van der Waals surface area contributed by atoms with Crippen molar-refractivity contribution in [1.82, 2.24) is 29.8 Å². The van der Waals surface area contributed by atoms with Gasteiger partial charge in [-0.3, -0.25) is 14.2 Å². The molecule has 0 spiro atoms. The average molecular weight is 469 g/mol. The van der Waals surface area contributed by atoms with E-state index < -0.39 is 17.6 Å². The maximum absolute atomic E-state index is 13.4. The van der Waals surface area contributed by atoms with Crippen LogP contribution in [0.25, 0.3) is 21.2 Å². The summed E-state index contributed by atoms with van der Waals surface area (Å²) in [5, 5.41) is 23.4. The minimum absolute atomic E-state index is 0.00786. The summed E-state index contributed by atoms with van der Waals surface area (Å²) in [6.45, 7) is 1.47. The molecular formula is C20H16FN7O4S. The molecule has 0 aliphatic carbocycles. The van der Waals surface area contributed by atoms with E-state index in [9.17, 15) is 19.1 Å². The van der Waals surface area contributed by atoms with Gasteiger partial charge in [-0.2, -0.15) is 4.80 Å². The second-order valence-corrected chi connectivity index (χ2v) is 8.48. The number of nitrogens with two attached hydrogens (primary N) is 1. The van der Waals surface area contributed by atoms with E-state index in [0.717, 1.165) is 10.1 Å². The van der Waals surface area contributed by atoms with E-state index in [0.29, 0.717) is 4.88 Å². The van der Waals surface area contributed by atoms with Crippen molar-refractivity contribution in [1.29, 1.82) is 0 Å². The first-order chi connectivity index (χ1) is 15.8. The number of amides is 1. The zero-order chi connectivity index (χ0) is 23.3. The highest BCUT2D eigenvalue weighted by molar-refractivity contribution is 7.19. The first-order valence-electron chi connectivity index (χ1n) is 9.72. The smallest absolute Gasteiger partial charge is 0.265 e. The van der Waals surface area contributed by atoms with Gasteiger partial charge < -0.3 is 15.3 Å². The summed E-state index contributed by atoms with van der Waals surface area (Å²) in [6, 6.07) is 6.21. The summed E-state index contributed by atoms with van der Waals surface area (Å²) in [5.41, 5.74) is 4.85. The van der Waals surface area contributed by atoms with Crippen molar-refractivity contribution < 1.29 is 18.7 Å². The molecule has 1 aromatic carbocycles. The zero-order valence-corrected chi connectivity index (χ0v) is 17.9. The first kappa shape index (κ1) is 20.9. The van der Waals surface area contributed by atoms with Crippen molar-refractivity contribution >= 4 is 38.4 Å². The van der Waals surface area contributed by atoms with Crippen molar-refractivity contribution in [2.75, 3.05) is 0 Å². The Morgan fingerprint density at radius 2 is 2.18 bits per heavy atom. The lowest BCUT2D eigenvalue weighted by Gasteiger charge is -2.06. The molecule has 13 heteroatoms. The van der Waals surface area contributed by atoms with Crippen LogP contribution in [0.1, 0.15) is 32.9 Å². The summed E-state index contributed by atoms with van der Waals surface area (Å²) in [5.74, 6) is -0.721. The molecule has 4 aromatic heterocycles. The van der Waals surface area contributed by atoms with Gasteiger partial charge >= 0.3 is 0 Å². The number of hydrogen-bond acceptors (Lipinski definition) is 9. The molecule has 168 valence electrons. The minimum Gasteiger partial charge on any atom is -0.442 e. The predicted molar refractivity (Wildman–Crippen MR) is 115 cm³/mol. The Balaban J connectivity index is 1.37. The number of tetrazole rings is 1. The summed E-state index contributed by atoms with van der Waals surface area (Å²) in [6.07, 6.45) is 0.324. The Morgan fingerprint density at radius 1 is 1.36 bits per heavy atom. The number of thiophene rings is 1. The summed E-state index contributed by atoms with van der Waals surface area (Å²) < 4.78 is 20.7. The van der Waals surface area contributed by atoms with Crippen LogP contribution in [-0.2, 0) is 13.1 Å². The molecule has 5 aromatic rings. The van der Waals surface area contributed by atoms with Crippen molar-refractivity contribution in [3.63, 3.8) is 0 Å². The lowest BCUT2D eigenvalue weighted by Crippen LogP contribution is -2.24. The maximum atomic E-state index is 13.4. The Bertz CT molecular complexity index is 1580. The summed E-state index contributed by atoms with van der Waals surface area (Å²) >= 11 is 1.28. The largest absolute Gasteiger partial charge is 0.442 e. The van der Waals surface area contributed by atoms with Crippen LogP contribution in [0.4, 0.5) is 4.39 Å². The molecule has 1 amide bonds. The number of furan rings is 1. The van der Waals surface area contributed by atoms with Crippen LogP contribution in [-0.4, -0.2) is 40.8 Å². The van der Waals surface area contributed by atoms with Gasteiger partial charge in [0, 0.05) is 9.58 Å². The third-order valence-electron chi connectivity index (χ3n) is 5.07. The number of carbonyl (C=O) groups excluding carboxylic acids is 1. The number of aliphatic hydroxyl groups is 1. The molecule has 0 aliphatic heterocycles. The van der Waals surface area contributed by atoms with Crippen LogP contribution >= 0.6 is 11.3 Å². The zero-order valence-electron chi connectivity index (χ0n) is 17.1. The fourth-order valence-electron chi connectivity index (χ4n) is 3.55. The van der Waals surface area contributed by atoms with Crippen LogP contribution in [0.5, 0.6) is 0 Å². The summed E-state index contributed by atoms with van der Waals surface area (Å²) in [7, 11) is 0. The molecule has 33 heavy (non-hydrogen) atoms. The van der Waals surface area contributed by atoms with Crippen LogP contribution in [0.3, 0.4) is 0 Å². The molecule has 0 saturated heterocycles. The SMILES string of the molecule is Cc1oc2ncn(Cc3nnn(C[C@H](O)c4cc5ccc(F)cc5s4)n3)c(=O)c2c1C(N)=O. The number of nitrogens with zero attached hydrogens (tertiary/aromatic N) is 6. The number of aromatic nitrogens is 6. The predicted octanol–water partition coefficient (Wildman–Crippen LogP) is 1.52. The fraction of sp³-hybridized carbons (Fsp3) is 0.200. The van der Waals surface area contributed by atoms with Gasteiger partial charge in [-0.15, -0.1) is 21.5 Å². The molecule has 4 heterocycles. The van der Waals surface area contributed by atoms with E-state index in [1.54, 1.807) is 12.1 Å². The van der Waals surface area contributed by atoms with E-state index in [-0.39, 0.29) is 47.2 Å². The van der Waals surface area contributed by atoms with Crippen molar-refractivity contribution in [2.24, 2.45) is 5.73 Å². The molecule has 1 atom stereocenters.